The Morgan fingerprint density at radius 3 is 2.09 bits per heavy atom. The van der Waals surface area contributed by atoms with Crippen LogP contribution in [0.3, 0.4) is 0 Å². The summed E-state index contributed by atoms with van der Waals surface area (Å²) in [7, 11) is 4.25. The predicted octanol–water partition coefficient (Wildman–Crippen LogP) is 10.6. The molecule has 2 saturated heterocycles. The number of benzene rings is 4. The number of likely N-dealkylation sites (N-methyl/N-ethyl adjacent to an activating group) is 2. The minimum atomic E-state index is -0.795. The summed E-state index contributed by atoms with van der Waals surface area (Å²) in [5, 5.41) is 4.81. The van der Waals surface area contributed by atoms with Crippen LogP contribution in [0.2, 0.25) is 10.0 Å². The van der Waals surface area contributed by atoms with Gasteiger partial charge >= 0.3 is 18.2 Å². The summed E-state index contributed by atoms with van der Waals surface area (Å²) in [6.45, 7) is 11.5. The molecular formula is C63H67Cl2F2N13O6. The van der Waals surface area contributed by atoms with Crippen LogP contribution in [0.5, 0.6) is 17.8 Å². The van der Waals surface area contributed by atoms with Crippen molar-refractivity contribution in [3.8, 4) is 17.8 Å². The first-order valence-electron chi connectivity index (χ1n) is 29.8. The van der Waals surface area contributed by atoms with E-state index in [1.54, 1.807) is 25.6 Å². The Hall–Kier alpha value is -7.43. The van der Waals surface area contributed by atoms with Crippen LogP contribution in [0, 0.1) is 11.9 Å². The maximum absolute atomic E-state index is 15.2. The number of carbonyl (C=O) groups excluding carboxylic acids is 1. The first-order chi connectivity index (χ1) is 41.7. The van der Waals surface area contributed by atoms with Gasteiger partial charge in [-0.15, -0.1) is 0 Å². The molecule has 6 aliphatic rings. The molecule has 4 aromatic heterocycles. The van der Waals surface area contributed by atoms with Gasteiger partial charge in [0, 0.05) is 89.8 Å². The molecular weight excluding hydrogens is 1140 g/mol. The zero-order chi connectivity index (χ0) is 59.1. The lowest BCUT2D eigenvalue weighted by atomic mass is 9.87. The van der Waals surface area contributed by atoms with E-state index in [0.29, 0.717) is 104 Å². The van der Waals surface area contributed by atoms with Crippen LogP contribution in [0.1, 0.15) is 97.1 Å². The third-order valence-corrected chi connectivity index (χ3v) is 19.2. The van der Waals surface area contributed by atoms with Crippen molar-refractivity contribution in [2.45, 2.75) is 128 Å². The van der Waals surface area contributed by atoms with E-state index in [4.69, 9.17) is 66.8 Å². The number of rotatable bonds is 13. The third kappa shape index (κ3) is 10.4. The monoisotopic (exact) mass is 1210 g/mol. The Bertz CT molecular complexity index is 3940. The number of nitrogens with zero attached hydrogens (tertiary/aromatic N) is 13. The van der Waals surface area contributed by atoms with Gasteiger partial charge in [0.25, 0.3) is 0 Å². The van der Waals surface area contributed by atoms with Crippen molar-refractivity contribution < 1.29 is 37.3 Å². The summed E-state index contributed by atoms with van der Waals surface area (Å²) >= 11 is 14.2. The number of likely N-dealkylation sites (tertiary alicyclic amines) is 2. The van der Waals surface area contributed by atoms with E-state index in [1.807, 2.05) is 45.5 Å². The number of halogens is 4. The highest BCUT2D eigenvalue weighted by Crippen LogP contribution is 2.45. The Kier molecular flexibility index (Phi) is 15.1. The lowest BCUT2D eigenvalue weighted by Gasteiger charge is -2.38. The topological polar surface area (TPSA) is 167 Å². The van der Waals surface area contributed by atoms with Gasteiger partial charge in [-0.3, -0.25) is 4.90 Å². The number of hydrogen-bond acceptors (Lipinski definition) is 17. The lowest BCUT2D eigenvalue weighted by Crippen LogP contribution is -2.43. The van der Waals surface area contributed by atoms with Crippen molar-refractivity contribution in [2.24, 2.45) is 0 Å². The summed E-state index contributed by atoms with van der Waals surface area (Å²) in [4.78, 5) is 52.2. The second kappa shape index (κ2) is 23.0. The van der Waals surface area contributed by atoms with Gasteiger partial charge in [0.15, 0.2) is 0 Å². The van der Waals surface area contributed by atoms with Gasteiger partial charge in [-0.1, -0.05) is 59.6 Å². The molecule has 6 atom stereocenters. The van der Waals surface area contributed by atoms with Crippen LogP contribution in [-0.2, 0) is 61.6 Å². The third-order valence-electron chi connectivity index (χ3n) is 18.5. The van der Waals surface area contributed by atoms with Crippen LogP contribution in [-0.4, -0.2) is 133 Å². The fourth-order valence-corrected chi connectivity index (χ4v) is 14.5. The van der Waals surface area contributed by atoms with Crippen molar-refractivity contribution in [2.75, 3.05) is 68.2 Å². The number of imidazole rings is 2. The van der Waals surface area contributed by atoms with E-state index in [9.17, 15) is 4.79 Å². The number of fused-ring (bicyclic) bond motifs is 6. The lowest BCUT2D eigenvalue weighted by molar-refractivity contribution is 0.0264. The molecule has 19 nitrogen and oxygen atoms in total. The Morgan fingerprint density at radius 1 is 0.733 bits per heavy atom. The number of hydrogen-bond donors (Lipinski definition) is 0. The molecule has 10 heterocycles. The summed E-state index contributed by atoms with van der Waals surface area (Å²) in [6, 6.07) is 20.5. The molecule has 8 aromatic rings. The SMILES string of the molecule is CCOC(=O)Oc1cc(N2CCc3c(nc(OC[C@@H]4CC(c5ccc([C@@H]6Cc7nc(OC[C@@H]8CCCN8C)nc(N8Cc9c(F)ncn9C[C@H]8C)c7CO6)c6c(Cl)cccc56)CN4C)nc3N3Cc4c(F)ncn4C[C@H]3C)C2)c2c(Cl)cccc2c1. The smallest absolute Gasteiger partial charge is 0.462 e. The van der Waals surface area contributed by atoms with E-state index in [2.05, 4.69) is 80.6 Å². The molecule has 0 bridgehead atoms. The maximum atomic E-state index is 15.2. The van der Waals surface area contributed by atoms with Crippen LogP contribution < -0.4 is 28.9 Å². The Morgan fingerprint density at radius 2 is 1.40 bits per heavy atom. The highest BCUT2D eigenvalue weighted by molar-refractivity contribution is 6.37. The molecule has 0 radical (unpaired) electrons. The van der Waals surface area contributed by atoms with Gasteiger partial charge in [0.1, 0.15) is 30.6 Å². The maximum Gasteiger partial charge on any atom is 0.513 e. The Balaban J connectivity index is 0.737. The second-order valence-electron chi connectivity index (χ2n) is 23.8. The molecule has 23 heteroatoms. The quantitative estimate of drug-likeness (QED) is 0.0789. The normalized spacial score (nSPS) is 22.3. The summed E-state index contributed by atoms with van der Waals surface area (Å²) in [5.41, 5.74) is 7.37. The highest BCUT2D eigenvalue weighted by atomic mass is 35.5. The predicted molar refractivity (Wildman–Crippen MR) is 322 cm³/mol. The van der Waals surface area contributed by atoms with Crippen molar-refractivity contribution in [3.05, 3.63) is 140 Å². The van der Waals surface area contributed by atoms with Crippen molar-refractivity contribution >= 4 is 68.2 Å². The van der Waals surface area contributed by atoms with E-state index >= 15 is 8.78 Å². The van der Waals surface area contributed by atoms with Gasteiger partial charge < -0.3 is 52.4 Å². The number of aromatic nitrogens is 8. The van der Waals surface area contributed by atoms with Gasteiger partial charge in [-0.25, -0.2) is 14.8 Å². The standard InChI is InChI=1S/C63H67Cl2F2N13O6/c1-6-82-63(81)86-41-21-37-10-7-13-47(64)55(37)51(22-41)76-19-17-44-50(27-76)71-62(72-59(44)79-28-52-57(66)68-33-77(52)24-35(79)2)85-31-40-20-38(26-75(40)5)42-15-16-45(56-43(42)12-8-14-48(56)65)54-23-49-46(32-83-54)60(73-61(70-49)84-30-39-11-9-18-74(39)4)80-29-53-58(67)69-34-78(53)25-36(80)3/h7-8,10,12-16,21-22,33-36,38-40,54H,6,9,11,17-20,23-32H2,1-5H3/t35-,36-,38?,39+,40+,54+/m1/s1. The summed E-state index contributed by atoms with van der Waals surface area (Å²) in [6.07, 6.45) is 5.92. The van der Waals surface area contributed by atoms with E-state index in [0.717, 1.165) is 87.7 Å². The van der Waals surface area contributed by atoms with Gasteiger partial charge in [-0.05, 0) is 113 Å². The molecule has 1 unspecified atom stereocenters. The minimum absolute atomic E-state index is 0.00120. The molecule has 2 fully saturated rings. The van der Waals surface area contributed by atoms with Crippen molar-refractivity contribution in [1.29, 1.82) is 0 Å². The first-order valence-corrected chi connectivity index (χ1v) is 30.5. The van der Waals surface area contributed by atoms with Gasteiger partial charge in [0.05, 0.1) is 85.1 Å². The molecule has 0 N–H and O–H groups in total. The van der Waals surface area contributed by atoms with Crippen molar-refractivity contribution in [1.82, 2.24) is 48.8 Å². The molecule has 4 aromatic carbocycles. The summed E-state index contributed by atoms with van der Waals surface area (Å²) < 4.78 is 64.9. The number of anilines is 3. The fraction of sp³-hybridized carbons (Fsp3) is 0.444. The van der Waals surface area contributed by atoms with Crippen molar-refractivity contribution in [3.63, 3.8) is 0 Å². The molecule has 448 valence electrons. The number of ether oxygens (including phenoxy) is 5. The Labute approximate surface area is 506 Å². The van der Waals surface area contributed by atoms with Crippen LogP contribution in [0.25, 0.3) is 21.5 Å². The molecule has 6 aliphatic heterocycles. The first kappa shape index (κ1) is 56.4. The molecule has 86 heavy (non-hydrogen) atoms. The average molecular weight is 1210 g/mol. The summed E-state index contributed by atoms with van der Waals surface area (Å²) in [5.74, 6) is 0.880. The molecule has 14 rings (SSSR count). The van der Waals surface area contributed by atoms with Crippen LogP contribution in [0.4, 0.5) is 30.9 Å². The average Bonchev–Trinajstić information content (AvgIpc) is 1.35. The molecule has 0 amide bonds. The second-order valence-corrected chi connectivity index (χ2v) is 24.6. The highest BCUT2D eigenvalue weighted by Gasteiger charge is 2.38. The largest absolute Gasteiger partial charge is 0.513 e. The zero-order valence-electron chi connectivity index (χ0n) is 48.7. The van der Waals surface area contributed by atoms with Gasteiger partial charge in [-0.2, -0.15) is 28.7 Å². The molecule has 0 aliphatic carbocycles. The zero-order valence-corrected chi connectivity index (χ0v) is 50.2. The van der Waals surface area contributed by atoms with E-state index in [-0.39, 0.29) is 62.0 Å². The number of carbonyl (C=O) groups is 1. The molecule has 0 saturated carbocycles. The molecule has 0 spiro atoms. The minimum Gasteiger partial charge on any atom is -0.462 e. The van der Waals surface area contributed by atoms with Crippen LogP contribution in [0.15, 0.2) is 73.3 Å². The van der Waals surface area contributed by atoms with Gasteiger partial charge in [0.2, 0.25) is 11.9 Å². The van der Waals surface area contributed by atoms with E-state index in [1.165, 1.54) is 5.56 Å². The van der Waals surface area contributed by atoms with Crippen LogP contribution >= 0.6 is 23.2 Å². The fourth-order valence-electron chi connectivity index (χ4n) is 13.9. The van der Waals surface area contributed by atoms with E-state index < -0.39 is 18.1 Å².